The van der Waals surface area contributed by atoms with Crippen molar-refractivity contribution < 1.29 is 4.79 Å². The van der Waals surface area contributed by atoms with Crippen LogP contribution in [0.15, 0.2) is 24.3 Å². The first-order chi connectivity index (χ1) is 9.24. The van der Waals surface area contributed by atoms with Crippen LogP contribution in [0, 0.1) is 0 Å². The molecule has 1 heterocycles. The zero-order valence-electron chi connectivity index (χ0n) is 10.9. The fourth-order valence-electron chi connectivity index (χ4n) is 1.94. The van der Waals surface area contributed by atoms with Crippen molar-refractivity contribution in [1.29, 1.82) is 0 Å². The molecule has 1 aliphatic heterocycles. The van der Waals surface area contributed by atoms with E-state index in [1.54, 1.807) is 12.1 Å². The van der Waals surface area contributed by atoms with Crippen LogP contribution in [0.25, 0.3) is 0 Å². The highest BCUT2D eigenvalue weighted by Gasteiger charge is 2.10. The molecular formula is C13H20N4OS. The number of hydrogen-bond acceptors (Lipinski definition) is 4. The Hall–Kier alpha value is -1.40. The molecule has 6 heteroatoms. The number of rotatable bonds is 4. The summed E-state index contributed by atoms with van der Waals surface area (Å²) in [5, 5.41) is 5.63. The van der Waals surface area contributed by atoms with Gasteiger partial charge in [-0.1, -0.05) is 6.07 Å². The van der Waals surface area contributed by atoms with Crippen LogP contribution in [0.3, 0.4) is 0 Å². The van der Waals surface area contributed by atoms with Gasteiger partial charge < -0.3 is 16.4 Å². The van der Waals surface area contributed by atoms with Crippen LogP contribution in [-0.4, -0.2) is 48.6 Å². The van der Waals surface area contributed by atoms with E-state index < -0.39 is 0 Å². The lowest BCUT2D eigenvalue weighted by atomic mass is 10.3. The van der Waals surface area contributed by atoms with Crippen LogP contribution in [0.1, 0.15) is 0 Å². The Bertz CT molecular complexity index is 421. The average molecular weight is 280 g/mol. The molecule has 0 aromatic heterocycles. The molecule has 4 N–H and O–H groups in total. The monoisotopic (exact) mass is 280 g/mol. The Morgan fingerprint density at radius 2 is 2.16 bits per heavy atom. The van der Waals surface area contributed by atoms with Crippen molar-refractivity contribution in [3.8, 4) is 0 Å². The van der Waals surface area contributed by atoms with Crippen LogP contribution in [0.5, 0.6) is 0 Å². The van der Waals surface area contributed by atoms with Crippen LogP contribution in [0.4, 0.5) is 16.2 Å². The smallest absolute Gasteiger partial charge is 0.319 e. The predicted octanol–water partition coefficient (Wildman–Crippen LogP) is 1.44. The molecule has 2 amide bonds. The van der Waals surface area contributed by atoms with E-state index in [1.807, 2.05) is 23.9 Å². The van der Waals surface area contributed by atoms with Crippen LogP contribution in [-0.2, 0) is 0 Å². The third kappa shape index (κ3) is 5.00. The fourth-order valence-corrected chi connectivity index (χ4v) is 2.92. The van der Waals surface area contributed by atoms with Gasteiger partial charge in [0.25, 0.3) is 0 Å². The number of hydrogen-bond donors (Lipinski definition) is 3. The summed E-state index contributed by atoms with van der Waals surface area (Å²) in [5.41, 5.74) is 7.01. The van der Waals surface area contributed by atoms with E-state index in [0.29, 0.717) is 17.9 Å². The molecule has 2 rings (SSSR count). The molecule has 1 fully saturated rings. The minimum atomic E-state index is -0.183. The quantitative estimate of drug-likeness (QED) is 0.730. The van der Waals surface area contributed by atoms with Crippen LogP contribution in [0.2, 0.25) is 0 Å². The fraction of sp³-hybridized carbons (Fsp3) is 0.462. The van der Waals surface area contributed by atoms with Crippen molar-refractivity contribution in [3.63, 3.8) is 0 Å². The molecule has 1 aromatic carbocycles. The van der Waals surface area contributed by atoms with Gasteiger partial charge in [0.1, 0.15) is 0 Å². The van der Waals surface area contributed by atoms with E-state index in [-0.39, 0.29) is 6.03 Å². The Balaban J connectivity index is 1.67. The molecule has 0 spiro atoms. The van der Waals surface area contributed by atoms with Gasteiger partial charge in [0.15, 0.2) is 0 Å². The summed E-state index contributed by atoms with van der Waals surface area (Å²) in [6, 6.07) is 6.98. The SMILES string of the molecule is Nc1cccc(NC(=O)NCCN2CCSCC2)c1. The van der Waals surface area contributed by atoms with Gasteiger partial charge in [0.05, 0.1) is 0 Å². The first kappa shape index (κ1) is 14.0. The lowest BCUT2D eigenvalue weighted by Crippen LogP contribution is -2.40. The molecule has 0 bridgehead atoms. The number of carbonyl (C=O) groups is 1. The minimum Gasteiger partial charge on any atom is -0.399 e. The average Bonchev–Trinajstić information content (AvgIpc) is 2.40. The van der Waals surface area contributed by atoms with Crippen molar-refractivity contribution in [1.82, 2.24) is 10.2 Å². The second-order valence-corrected chi connectivity index (χ2v) is 5.69. The number of thioether (sulfide) groups is 1. The van der Waals surface area contributed by atoms with Crippen molar-refractivity contribution in [2.24, 2.45) is 0 Å². The third-order valence-corrected chi connectivity index (χ3v) is 3.90. The van der Waals surface area contributed by atoms with Gasteiger partial charge in [-0.15, -0.1) is 0 Å². The van der Waals surface area contributed by atoms with Gasteiger partial charge >= 0.3 is 6.03 Å². The molecule has 0 aliphatic carbocycles. The highest BCUT2D eigenvalue weighted by Crippen LogP contribution is 2.11. The predicted molar refractivity (Wildman–Crippen MR) is 81.6 cm³/mol. The Morgan fingerprint density at radius 3 is 2.89 bits per heavy atom. The van der Waals surface area contributed by atoms with E-state index in [9.17, 15) is 4.79 Å². The number of carbonyl (C=O) groups excluding carboxylic acids is 1. The van der Waals surface area contributed by atoms with Gasteiger partial charge in [-0.05, 0) is 18.2 Å². The third-order valence-electron chi connectivity index (χ3n) is 2.96. The molecule has 0 unspecified atom stereocenters. The molecule has 5 nitrogen and oxygen atoms in total. The lowest BCUT2D eigenvalue weighted by molar-refractivity contribution is 0.247. The number of nitrogens with two attached hydrogens (primary N) is 1. The van der Waals surface area contributed by atoms with Crippen molar-refractivity contribution in [2.75, 3.05) is 48.7 Å². The first-order valence-electron chi connectivity index (χ1n) is 6.44. The highest BCUT2D eigenvalue weighted by atomic mass is 32.2. The summed E-state index contributed by atoms with van der Waals surface area (Å²) in [6.45, 7) is 3.80. The Kier molecular flexibility index (Phi) is 5.35. The number of nitrogens with zero attached hydrogens (tertiary/aromatic N) is 1. The summed E-state index contributed by atoms with van der Waals surface area (Å²) < 4.78 is 0. The maximum atomic E-state index is 11.7. The topological polar surface area (TPSA) is 70.4 Å². The van der Waals surface area contributed by atoms with Gasteiger partial charge in [0, 0.05) is 49.1 Å². The minimum absolute atomic E-state index is 0.183. The van der Waals surface area contributed by atoms with Gasteiger partial charge in [-0.25, -0.2) is 4.79 Å². The van der Waals surface area contributed by atoms with E-state index in [1.165, 1.54) is 11.5 Å². The summed E-state index contributed by atoms with van der Waals surface area (Å²) in [5.74, 6) is 2.38. The summed E-state index contributed by atoms with van der Waals surface area (Å²) >= 11 is 1.99. The molecule has 1 aliphatic rings. The van der Waals surface area contributed by atoms with Gasteiger partial charge in [-0.3, -0.25) is 4.90 Å². The number of anilines is 2. The Morgan fingerprint density at radius 1 is 1.37 bits per heavy atom. The number of nitrogens with one attached hydrogen (secondary N) is 2. The molecule has 0 radical (unpaired) electrons. The molecule has 19 heavy (non-hydrogen) atoms. The molecule has 0 saturated carbocycles. The van der Waals surface area contributed by atoms with Crippen molar-refractivity contribution >= 4 is 29.2 Å². The normalized spacial score (nSPS) is 16.0. The molecule has 1 saturated heterocycles. The number of benzene rings is 1. The van der Waals surface area contributed by atoms with E-state index in [2.05, 4.69) is 15.5 Å². The standard InChI is InChI=1S/C13H20N4OS/c14-11-2-1-3-12(10-11)16-13(18)15-4-5-17-6-8-19-9-7-17/h1-3,10H,4-9,14H2,(H2,15,16,18). The van der Waals surface area contributed by atoms with Gasteiger partial charge in [-0.2, -0.15) is 11.8 Å². The molecule has 104 valence electrons. The largest absolute Gasteiger partial charge is 0.399 e. The lowest BCUT2D eigenvalue weighted by Gasteiger charge is -2.25. The maximum absolute atomic E-state index is 11.7. The zero-order chi connectivity index (χ0) is 13.5. The summed E-state index contributed by atoms with van der Waals surface area (Å²) in [7, 11) is 0. The van der Waals surface area contributed by atoms with Crippen LogP contribution >= 0.6 is 11.8 Å². The Labute approximate surface area is 117 Å². The molecular weight excluding hydrogens is 260 g/mol. The molecule has 0 atom stereocenters. The zero-order valence-corrected chi connectivity index (χ0v) is 11.7. The highest BCUT2D eigenvalue weighted by molar-refractivity contribution is 7.99. The summed E-state index contributed by atoms with van der Waals surface area (Å²) in [4.78, 5) is 14.1. The second-order valence-electron chi connectivity index (χ2n) is 4.46. The van der Waals surface area contributed by atoms with E-state index in [0.717, 1.165) is 19.6 Å². The van der Waals surface area contributed by atoms with Crippen molar-refractivity contribution in [2.45, 2.75) is 0 Å². The molecule has 1 aromatic rings. The van der Waals surface area contributed by atoms with Gasteiger partial charge in [0.2, 0.25) is 0 Å². The maximum Gasteiger partial charge on any atom is 0.319 e. The van der Waals surface area contributed by atoms with E-state index in [4.69, 9.17) is 5.73 Å². The number of urea groups is 1. The second kappa shape index (κ2) is 7.25. The first-order valence-corrected chi connectivity index (χ1v) is 7.60. The van der Waals surface area contributed by atoms with E-state index >= 15 is 0 Å². The van der Waals surface area contributed by atoms with Crippen molar-refractivity contribution in [3.05, 3.63) is 24.3 Å². The van der Waals surface area contributed by atoms with Crippen LogP contribution < -0.4 is 16.4 Å². The number of amides is 2. The summed E-state index contributed by atoms with van der Waals surface area (Å²) in [6.07, 6.45) is 0. The number of nitrogen functional groups attached to an aromatic ring is 1.